The van der Waals surface area contributed by atoms with E-state index in [4.69, 9.17) is 23.8 Å². The van der Waals surface area contributed by atoms with Crippen molar-refractivity contribution < 1.29 is 8.83 Å². The predicted octanol–water partition coefficient (Wildman–Crippen LogP) is 12.6. The number of rotatable bonds is 4. The monoisotopic (exact) mass is 665 g/mol. The Hall–Kier alpha value is -7.11. The van der Waals surface area contributed by atoms with E-state index in [9.17, 15) is 0 Å². The van der Waals surface area contributed by atoms with Crippen LogP contribution >= 0.6 is 0 Å². The van der Waals surface area contributed by atoms with Gasteiger partial charge in [0.15, 0.2) is 17.5 Å². The third kappa shape index (κ3) is 4.53. The maximum absolute atomic E-state index is 6.23. The van der Waals surface area contributed by atoms with E-state index in [0.717, 1.165) is 71.7 Å². The van der Waals surface area contributed by atoms with E-state index < -0.39 is 0 Å². The van der Waals surface area contributed by atoms with Gasteiger partial charge in [-0.05, 0) is 69.1 Å². The molecule has 3 aromatic heterocycles. The molecule has 0 fully saturated rings. The minimum atomic E-state index is 0.603. The zero-order chi connectivity index (χ0) is 34.2. The molecule has 5 heteroatoms. The van der Waals surface area contributed by atoms with Gasteiger partial charge in [-0.2, -0.15) is 0 Å². The Morgan fingerprint density at radius 3 is 1.71 bits per heavy atom. The predicted molar refractivity (Wildman–Crippen MR) is 211 cm³/mol. The summed E-state index contributed by atoms with van der Waals surface area (Å²) in [5.41, 5.74) is 8.47. The van der Waals surface area contributed by atoms with Gasteiger partial charge in [0.25, 0.3) is 0 Å². The van der Waals surface area contributed by atoms with Gasteiger partial charge in [0.1, 0.15) is 22.3 Å². The van der Waals surface area contributed by atoms with Crippen LogP contribution in [0.4, 0.5) is 0 Å². The topological polar surface area (TPSA) is 65.0 Å². The van der Waals surface area contributed by atoms with Crippen molar-refractivity contribution in [2.75, 3.05) is 0 Å². The van der Waals surface area contributed by atoms with Crippen LogP contribution in [0.25, 0.3) is 111 Å². The SMILES string of the molecule is c1ccc(-c2nc(-c3ccc(-c4ccc5c(ccc6cc7c(cc65)oc5ccccc57)c4)cc3)nc(-c3cccc4oc5ccccc5c34)n2)cc1. The average molecular weight is 666 g/mol. The number of nitrogens with zero attached hydrogens (tertiary/aromatic N) is 3. The molecule has 11 rings (SSSR count). The van der Waals surface area contributed by atoms with Crippen molar-refractivity contribution in [3.63, 3.8) is 0 Å². The van der Waals surface area contributed by atoms with Crippen LogP contribution in [-0.4, -0.2) is 15.0 Å². The van der Waals surface area contributed by atoms with Crippen molar-refractivity contribution in [1.29, 1.82) is 0 Å². The first kappa shape index (κ1) is 28.7. The number of fused-ring (bicyclic) bond motifs is 9. The van der Waals surface area contributed by atoms with E-state index in [-0.39, 0.29) is 0 Å². The minimum absolute atomic E-state index is 0.603. The van der Waals surface area contributed by atoms with Gasteiger partial charge in [-0.25, -0.2) is 15.0 Å². The highest BCUT2D eigenvalue weighted by molar-refractivity contribution is 6.16. The molecule has 0 spiro atoms. The normalized spacial score (nSPS) is 11.8. The summed E-state index contributed by atoms with van der Waals surface area (Å²) in [6.07, 6.45) is 0. The molecule has 5 nitrogen and oxygen atoms in total. The smallest absolute Gasteiger partial charge is 0.164 e. The molecule has 0 bridgehead atoms. The highest BCUT2D eigenvalue weighted by Gasteiger charge is 2.18. The minimum Gasteiger partial charge on any atom is -0.456 e. The van der Waals surface area contributed by atoms with Crippen molar-refractivity contribution in [3.8, 4) is 45.3 Å². The Morgan fingerprint density at radius 1 is 0.308 bits per heavy atom. The maximum atomic E-state index is 6.23. The zero-order valence-electron chi connectivity index (χ0n) is 27.7. The molecular formula is C47H27N3O2. The van der Waals surface area contributed by atoms with Gasteiger partial charge < -0.3 is 8.83 Å². The molecule has 0 atom stereocenters. The van der Waals surface area contributed by atoms with Gasteiger partial charge >= 0.3 is 0 Å². The van der Waals surface area contributed by atoms with E-state index in [0.29, 0.717) is 17.5 Å². The van der Waals surface area contributed by atoms with Crippen molar-refractivity contribution >= 4 is 65.4 Å². The quantitative estimate of drug-likeness (QED) is 0.175. The molecule has 3 heterocycles. The Balaban J connectivity index is 1.00. The average Bonchev–Trinajstić information content (AvgIpc) is 3.78. The van der Waals surface area contributed by atoms with E-state index in [1.807, 2.05) is 72.8 Å². The summed E-state index contributed by atoms with van der Waals surface area (Å²) in [6.45, 7) is 0. The van der Waals surface area contributed by atoms with Gasteiger partial charge in [0, 0.05) is 38.2 Å². The molecule has 0 saturated carbocycles. The Labute approximate surface area is 297 Å². The fraction of sp³-hybridized carbons (Fsp3) is 0. The summed E-state index contributed by atoms with van der Waals surface area (Å²) >= 11 is 0. The summed E-state index contributed by atoms with van der Waals surface area (Å²) < 4.78 is 12.4. The van der Waals surface area contributed by atoms with E-state index in [1.54, 1.807) is 0 Å². The van der Waals surface area contributed by atoms with Gasteiger partial charge in [0.2, 0.25) is 0 Å². The van der Waals surface area contributed by atoms with Crippen LogP contribution in [0.15, 0.2) is 173 Å². The number of hydrogen-bond acceptors (Lipinski definition) is 5. The lowest BCUT2D eigenvalue weighted by Gasteiger charge is -2.10. The number of benzene rings is 8. The summed E-state index contributed by atoms with van der Waals surface area (Å²) in [7, 11) is 0. The summed E-state index contributed by atoms with van der Waals surface area (Å²) in [4.78, 5) is 15.1. The van der Waals surface area contributed by atoms with Crippen LogP contribution in [0.5, 0.6) is 0 Å². The van der Waals surface area contributed by atoms with Crippen LogP contribution in [0.1, 0.15) is 0 Å². The lowest BCUT2D eigenvalue weighted by Crippen LogP contribution is -2.00. The first-order valence-corrected chi connectivity index (χ1v) is 17.3. The Morgan fingerprint density at radius 2 is 0.904 bits per heavy atom. The molecular weight excluding hydrogens is 639 g/mol. The molecule has 0 aliphatic carbocycles. The lowest BCUT2D eigenvalue weighted by molar-refractivity contribution is 0.669. The first-order valence-electron chi connectivity index (χ1n) is 17.3. The third-order valence-corrected chi connectivity index (χ3v) is 10.1. The number of furan rings is 2. The number of hydrogen-bond donors (Lipinski definition) is 0. The maximum Gasteiger partial charge on any atom is 0.164 e. The van der Waals surface area contributed by atoms with Crippen LogP contribution in [-0.2, 0) is 0 Å². The van der Waals surface area contributed by atoms with E-state index >= 15 is 0 Å². The molecule has 8 aromatic carbocycles. The molecule has 0 unspecified atom stereocenters. The molecule has 0 radical (unpaired) electrons. The fourth-order valence-corrected chi connectivity index (χ4v) is 7.58. The van der Waals surface area contributed by atoms with Crippen molar-refractivity contribution in [2.24, 2.45) is 0 Å². The number of para-hydroxylation sites is 2. The largest absolute Gasteiger partial charge is 0.456 e. The molecule has 0 aliphatic rings. The van der Waals surface area contributed by atoms with Crippen molar-refractivity contribution in [2.45, 2.75) is 0 Å². The molecule has 242 valence electrons. The highest BCUT2D eigenvalue weighted by atomic mass is 16.3. The van der Waals surface area contributed by atoms with Crippen LogP contribution in [0.2, 0.25) is 0 Å². The second kappa shape index (κ2) is 11.2. The summed E-state index contributed by atoms with van der Waals surface area (Å²) in [5.74, 6) is 1.84. The second-order valence-electron chi connectivity index (χ2n) is 13.2. The van der Waals surface area contributed by atoms with Crippen LogP contribution < -0.4 is 0 Å². The Kier molecular flexibility index (Phi) is 6.18. The van der Waals surface area contributed by atoms with Gasteiger partial charge in [-0.1, -0.05) is 127 Å². The molecule has 0 N–H and O–H groups in total. The van der Waals surface area contributed by atoms with Crippen LogP contribution in [0, 0.1) is 0 Å². The second-order valence-corrected chi connectivity index (χ2v) is 13.2. The standard InChI is InChI=1S/C47H27N3O2/c1-2-9-29(10-3-1)45-48-46(50-47(49-45)37-13-8-16-42-44(37)36-12-5-7-15-41(36)51-42)30-19-17-28(18-20-30)31-23-24-34-32(25-31)21-22-33-26-39-35-11-4-6-14-40(35)52-43(39)27-38(33)34/h1-27H. The molecule has 52 heavy (non-hydrogen) atoms. The van der Waals surface area contributed by atoms with Gasteiger partial charge in [0.05, 0.1) is 0 Å². The fourth-order valence-electron chi connectivity index (χ4n) is 7.58. The molecule has 0 saturated heterocycles. The van der Waals surface area contributed by atoms with Crippen LogP contribution in [0.3, 0.4) is 0 Å². The van der Waals surface area contributed by atoms with Gasteiger partial charge in [-0.3, -0.25) is 0 Å². The van der Waals surface area contributed by atoms with E-state index in [2.05, 4.69) is 91.0 Å². The first-order chi connectivity index (χ1) is 25.7. The molecule has 0 amide bonds. The van der Waals surface area contributed by atoms with Crippen molar-refractivity contribution in [1.82, 2.24) is 15.0 Å². The molecule has 0 aliphatic heterocycles. The summed E-state index contributed by atoms with van der Waals surface area (Å²) in [6, 6.07) is 56.4. The van der Waals surface area contributed by atoms with Gasteiger partial charge in [-0.15, -0.1) is 0 Å². The zero-order valence-corrected chi connectivity index (χ0v) is 27.7. The molecule has 11 aromatic rings. The third-order valence-electron chi connectivity index (χ3n) is 10.1. The van der Waals surface area contributed by atoms with E-state index in [1.165, 1.54) is 21.5 Å². The highest BCUT2D eigenvalue weighted by Crippen LogP contribution is 2.38. The number of aromatic nitrogens is 3. The van der Waals surface area contributed by atoms with Crippen molar-refractivity contribution in [3.05, 3.63) is 164 Å². The summed E-state index contributed by atoms with van der Waals surface area (Å²) in [5, 5.41) is 9.09. The Bertz CT molecular complexity index is 3180. The lowest BCUT2D eigenvalue weighted by atomic mass is 9.96.